The molecule has 0 aliphatic heterocycles. The number of likely N-dealkylation sites (N-methyl/N-ethyl adjacent to an activating group) is 1. The molecule has 0 saturated heterocycles. The molecule has 0 saturated carbocycles. The van der Waals surface area contributed by atoms with Gasteiger partial charge in [0.2, 0.25) is 0 Å². The van der Waals surface area contributed by atoms with Crippen molar-refractivity contribution in [2.45, 2.75) is 12.5 Å². The van der Waals surface area contributed by atoms with Gasteiger partial charge in [0, 0.05) is 25.7 Å². The molecule has 0 aliphatic carbocycles. The number of guanidine groups is 1. The van der Waals surface area contributed by atoms with Crippen LogP contribution in [0.2, 0.25) is 0 Å². The van der Waals surface area contributed by atoms with Crippen LogP contribution in [0.25, 0.3) is 0 Å². The van der Waals surface area contributed by atoms with Crippen LogP contribution < -0.4 is 20.1 Å². The van der Waals surface area contributed by atoms with Crippen molar-refractivity contribution >= 4 is 5.96 Å². The van der Waals surface area contributed by atoms with E-state index in [1.807, 2.05) is 48.5 Å². The van der Waals surface area contributed by atoms with Crippen LogP contribution >= 0.6 is 0 Å². The first kappa shape index (κ1) is 21.6. The highest BCUT2D eigenvalue weighted by atomic mass is 16.5. The maximum Gasteiger partial charge on any atom is 0.191 e. The fraction of sp³-hybridized carbons (Fsp3) is 0.409. The number of ether oxygens (including phenoxy) is 2. The third kappa shape index (κ3) is 6.78. The van der Waals surface area contributed by atoms with Gasteiger partial charge in [-0.2, -0.15) is 0 Å². The van der Waals surface area contributed by atoms with Gasteiger partial charge in [0.05, 0.1) is 19.8 Å². The monoisotopic (exact) mass is 384 g/mol. The minimum Gasteiger partial charge on any atom is -0.496 e. The predicted molar refractivity (Wildman–Crippen MR) is 115 cm³/mol. The minimum atomic E-state index is 0.163. The molecule has 2 N–H and O–H groups in total. The number of nitrogens with zero attached hydrogens (tertiary/aromatic N) is 2. The Bertz CT molecular complexity index is 719. The first-order chi connectivity index (χ1) is 13.7. The molecule has 152 valence electrons. The molecule has 1 unspecified atom stereocenters. The van der Waals surface area contributed by atoms with E-state index in [0.717, 1.165) is 36.0 Å². The number of hydrogen-bond acceptors (Lipinski definition) is 4. The highest BCUT2D eigenvalue weighted by Gasteiger charge is 2.18. The lowest BCUT2D eigenvalue weighted by Crippen LogP contribution is -2.42. The summed E-state index contributed by atoms with van der Waals surface area (Å²) in [5.74, 6) is 2.57. The smallest absolute Gasteiger partial charge is 0.191 e. The van der Waals surface area contributed by atoms with Gasteiger partial charge in [-0.25, -0.2) is 0 Å². The molecule has 0 aromatic heterocycles. The zero-order valence-corrected chi connectivity index (χ0v) is 17.3. The largest absolute Gasteiger partial charge is 0.496 e. The molecular formula is C22H32N4O2. The van der Waals surface area contributed by atoms with E-state index in [-0.39, 0.29) is 6.04 Å². The van der Waals surface area contributed by atoms with E-state index in [0.29, 0.717) is 13.2 Å². The van der Waals surface area contributed by atoms with Crippen LogP contribution in [0.5, 0.6) is 11.5 Å². The quantitative estimate of drug-likeness (QED) is 0.375. The van der Waals surface area contributed by atoms with Crippen LogP contribution in [-0.4, -0.2) is 58.8 Å². The van der Waals surface area contributed by atoms with Crippen molar-refractivity contribution in [1.82, 2.24) is 15.5 Å². The summed E-state index contributed by atoms with van der Waals surface area (Å²) in [7, 11) is 7.62. The van der Waals surface area contributed by atoms with Crippen molar-refractivity contribution < 1.29 is 9.47 Å². The fourth-order valence-electron chi connectivity index (χ4n) is 2.91. The Labute approximate surface area is 168 Å². The Hall–Kier alpha value is -2.73. The lowest BCUT2D eigenvalue weighted by molar-refractivity contribution is 0.287. The zero-order valence-electron chi connectivity index (χ0n) is 17.3. The first-order valence-electron chi connectivity index (χ1n) is 9.57. The van der Waals surface area contributed by atoms with Gasteiger partial charge in [-0.15, -0.1) is 0 Å². The maximum atomic E-state index is 5.71. The van der Waals surface area contributed by atoms with Gasteiger partial charge in [-0.05, 0) is 38.7 Å². The van der Waals surface area contributed by atoms with E-state index < -0.39 is 0 Å². The average molecular weight is 385 g/mol. The molecule has 0 spiro atoms. The molecule has 2 aromatic rings. The van der Waals surface area contributed by atoms with E-state index in [4.69, 9.17) is 9.47 Å². The standard InChI is InChI=1S/C22H32N4O2/c1-23-22(24-15-10-16-28-18-11-6-5-7-12-18)25-17-20(26(2)3)19-13-8-9-14-21(19)27-4/h5-9,11-14,20H,10,15-17H2,1-4H3,(H2,23,24,25). The molecule has 6 nitrogen and oxygen atoms in total. The third-order valence-corrected chi connectivity index (χ3v) is 4.43. The van der Waals surface area contributed by atoms with Gasteiger partial charge in [0.1, 0.15) is 11.5 Å². The van der Waals surface area contributed by atoms with Gasteiger partial charge in [0.25, 0.3) is 0 Å². The van der Waals surface area contributed by atoms with Crippen molar-refractivity contribution in [2.75, 3.05) is 47.9 Å². The number of para-hydroxylation sites is 2. The number of rotatable bonds is 10. The molecule has 0 bridgehead atoms. The normalized spacial score (nSPS) is 12.5. The Balaban J connectivity index is 1.79. The summed E-state index contributed by atoms with van der Waals surface area (Å²) >= 11 is 0. The average Bonchev–Trinajstić information content (AvgIpc) is 2.73. The van der Waals surface area contributed by atoms with E-state index >= 15 is 0 Å². The summed E-state index contributed by atoms with van der Waals surface area (Å²) in [6.45, 7) is 2.16. The number of aliphatic imine (C=N–C) groups is 1. The summed E-state index contributed by atoms with van der Waals surface area (Å²) in [5.41, 5.74) is 1.15. The molecule has 28 heavy (non-hydrogen) atoms. The van der Waals surface area contributed by atoms with Gasteiger partial charge >= 0.3 is 0 Å². The highest BCUT2D eigenvalue weighted by molar-refractivity contribution is 5.79. The molecule has 0 amide bonds. The molecule has 2 rings (SSSR count). The zero-order chi connectivity index (χ0) is 20.2. The van der Waals surface area contributed by atoms with Crippen LogP contribution in [0.1, 0.15) is 18.0 Å². The molecule has 0 heterocycles. The highest BCUT2D eigenvalue weighted by Crippen LogP contribution is 2.27. The van der Waals surface area contributed by atoms with Crippen LogP contribution in [-0.2, 0) is 0 Å². The molecule has 0 radical (unpaired) electrons. The van der Waals surface area contributed by atoms with Crippen LogP contribution in [0.3, 0.4) is 0 Å². The summed E-state index contributed by atoms with van der Waals surface area (Å²) in [6.07, 6.45) is 0.888. The van der Waals surface area contributed by atoms with Gasteiger partial charge in [0.15, 0.2) is 5.96 Å². The second-order valence-corrected chi connectivity index (χ2v) is 6.62. The minimum absolute atomic E-state index is 0.163. The van der Waals surface area contributed by atoms with Crippen molar-refractivity contribution in [3.8, 4) is 11.5 Å². The molecule has 0 aliphatic rings. The summed E-state index contributed by atoms with van der Waals surface area (Å²) in [5, 5.41) is 6.75. The lowest BCUT2D eigenvalue weighted by atomic mass is 10.0. The summed E-state index contributed by atoms with van der Waals surface area (Å²) < 4.78 is 11.2. The Morgan fingerprint density at radius 3 is 2.43 bits per heavy atom. The second-order valence-electron chi connectivity index (χ2n) is 6.62. The van der Waals surface area contributed by atoms with Gasteiger partial charge in [-0.3, -0.25) is 4.99 Å². The Morgan fingerprint density at radius 2 is 1.75 bits per heavy atom. The number of hydrogen-bond donors (Lipinski definition) is 2. The van der Waals surface area contributed by atoms with Gasteiger partial charge in [-0.1, -0.05) is 36.4 Å². The Morgan fingerprint density at radius 1 is 1.04 bits per heavy atom. The van der Waals surface area contributed by atoms with Crippen LogP contribution in [0.15, 0.2) is 59.6 Å². The van der Waals surface area contributed by atoms with Crippen molar-refractivity contribution in [1.29, 1.82) is 0 Å². The molecule has 1 atom stereocenters. The van der Waals surface area contributed by atoms with Crippen LogP contribution in [0.4, 0.5) is 0 Å². The number of nitrogens with one attached hydrogen (secondary N) is 2. The SMILES string of the molecule is CN=C(NCCCOc1ccccc1)NCC(c1ccccc1OC)N(C)C. The van der Waals surface area contributed by atoms with E-state index in [1.54, 1.807) is 14.2 Å². The maximum absolute atomic E-state index is 5.71. The Kier molecular flexibility index (Phi) is 9.15. The number of benzene rings is 2. The molecular weight excluding hydrogens is 352 g/mol. The van der Waals surface area contributed by atoms with E-state index in [2.05, 4.69) is 40.7 Å². The number of methoxy groups -OCH3 is 1. The van der Waals surface area contributed by atoms with Gasteiger partial charge < -0.3 is 25.0 Å². The van der Waals surface area contributed by atoms with Crippen molar-refractivity contribution in [3.05, 3.63) is 60.2 Å². The summed E-state index contributed by atoms with van der Waals surface area (Å²) in [6, 6.07) is 18.1. The third-order valence-electron chi connectivity index (χ3n) is 4.43. The van der Waals surface area contributed by atoms with Crippen molar-refractivity contribution in [3.63, 3.8) is 0 Å². The van der Waals surface area contributed by atoms with E-state index in [1.165, 1.54) is 0 Å². The fourth-order valence-corrected chi connectivity index (χ4v) is 2.91. The van der Waals surface area contributed by atoms with Crippen LogP contribution in [0, 0.1) is 0 Å². The lowest BCUT2D eigenvalue weighted by Gasteiger charge is -2.27. The molecule has 2 aromatic carbocycles. The molecule has 0 fully saturated rings. The van der Waals surface area contributed by atoms with Crippen molar-refractivity contribution in [2.24, 2.45) is 4.99 Å². The second kappa shape index (κ2) is 11.9. The molecule has 6 heteroatoms. The van der Waals surface area contributed by atoms with E-state index in [9.17, 15) is 0 Å². The predicted octanol–water partition coefficient (Wildman–Crippen LogP) is 2.93. The first-order valence-corrected chi connectivity index (χ1v) is 9.57. The topological polar surface area (TPSA) is 58.1 Å². The summed E-state index contributed by atoms with van der Waals surface area (Å²) in [4.78, 5) is 6.49.